The maximum absolute atomic E-state index is 13.7. The van der Waals surface area contributed by atoms with Gasteiger partial charge in [0.1, 0.15) is 22.8 Å². The number of benzene rings is 2. The molecule has 4 aliphatic rings. The lowest BCUT2D eigenvalue weighted by molar-refractivity contribution is -0.144. The number of rotatable bonds is 2. The van der Waals surface area contributed by atoms with Crippen molar-refractivity contribution in [3.05, 3.63) is 70.3 Å². The van der Waals surface area contributed by atoms with E-state index in [2.05, 4.69) is 24.5 Å². The smallest absolute Gasteiger partial charge is 0.262 e. The fourth-order valence-electron chi connectivity index (χ4n) is 6.02. The minimum absolute atomic E-state index is 0.143. The first-order valence-electron chi connectivity index (χ1n) is 10.6. The number of piperidine rings is 1. The van der Waals surface area contributed by atoms with Crippen LogP contribution in [0.1, 0.15) is 44.1 Å². The van der Waals surface area contributed by atoms with Crippen molar-refractivity contribution in [1.82, 2.24) is 14.9 Å². The quantitative estimate of drug-likeness (QED) is 0.674. The van der Waals surface area contributed by atoms with Crippen LogP contribution in [0.5, 0.6) is 0 Å². The van der Waals surface area contributed by atoms with Crippen LogP contribution in [0.15, 0.2) is 53.3 Å². The SMILES string of the molecule is CC(C)C[C@@]12NC(=O)[C@H](C[C@]13C(=O)Nc1ccccc13)n1c2nc2ccccc2c1=O. The summed E-state index contributed by atoms with van der Waals surface area (Å²) in [5.41, 5.74) is -0.173. The Bertz CT molecular complexity index is 1360. The fraction of sp³-hybridized carbons (Fsp3) is 0.333. The van der Waals surface area contributed by atoms with Crippen LogP contribution in [0.25, 0.3) is 10.9 Å². The Morgan fingerprint density at radius 2 is 1.84 bits per heavy atom. The van der Waals surface area contributed by atoms with Crippen LogP contribution in [0, 0.1) is 5.92 Å². The van der Waals surface area contributed by atoms with Gasteiger partial charge in [0.25, 0.3) is 5.56 Å². The molecule has 2 amide bonds. The lowest BCUT2D eigenvalue weighted by Crippen LogP contribution is -2.74. The molecule has 1 saturated heterocycles. The number of amides is 2. The van der Waals surface area contributed by atoms with Crippen LogP contribution in [0.3, 0.4) is 0 Å². The highest BCUT2D eigenvalue weighted by Gasteiger charge is 2.71. The third-order valence-corrected chi connectivity index (χ3v) is 7.11. The highest BCUT2D eigenvalue weighted by molar-refractivity contribution is 6.09. The van der Waals surface area contributed by atoms with Gasteiger partial charge in [-0.25, -0.2) is 4.98 Å². The summed E-state index contributed by atoms with van der Waals surface area (Å²) in [6.45, 7) is 4.11. The van der Waals surface area contributed by atoms with Gasteiger partial charge in [-0.2, -0.15) is 0 Å². The third kappa shape index (κ3) is 2.03. The first-order chi connectivity index (χ1) is 14.9. The van der Waals surface area contributed by atoms with Gasteiger partial charge in [0, 0.05) is 5.69 Å². The standard InChI is InChI=1S/C24H22N4O3/c1-13(2)11-24-21-25-16-9-5-3-7-14(16)20(30)28(21)18(19(29)27-24)12-23(24)15-8-4-6-10-17(15)26-22(23)31/h3-10,13,18H,11-12H2,1-2H3,(H,26,31)(H,27,29)/t18-,23-,24-/m0/s1. The second kappa shape index (κ2) is 5.81. The zero-order valence-electron chi connectivity index (χ0n) is 17.3. The number of fused-ring (bicyclic) bond motifs is 3. The summed E-state index contributed by atoms with van der Waals surface area (Å²) in [7, 11) is 0. The molecule has 7 rings (SSSR count). The van der Waals surface area contributed by atoms with Gasteiger partial charge < -0.3 is 10.6 Å². The zero-order chi connectivity index (χ0) is 21.5. The van der Waals surface area contributed by atoms with Crippen LogP contribution in [-0.2, 0) is 20.5 Å². The van der Waals surface area contributed by atoms with Gasteiger partial charge in [-0.05, 0) is 42.5 Å². The molecule has 156 valence electrons. The van der Waals surface area contributed by atoms with E-state index < -0.39 is 17.0 Å². The predicted octanol–water partition coefficient (Wildman–Crippen LogP) is 2.60. The molecule has 2 bridgehead atoms. The number of para-hydroxylation sites is 2. The molecule has 0 aliphatic carbocycles. The van der Waals surface area contributed by atoms with Crippen LogP contribution < -0.4 is 16.2 Å². The number of anilines is 1. The third-order valence-electron chi connectivity index (χ3n) is 7.11. The van der Waals surface area contributed by atoms with E-state index in [0.717, 1.165) is 11.3 Å². The minimum Gasteiger partial charge on any atom is -0.340 e. The summed E-state index contributed by atoms with van der Waals surface area (Å²) in [4.78, 5) is 45.3. The molecule has 0 radical (unpaired) electrons. The highest BCUT2D eigenvalue weighted by Crippen LogP contribution is 2.60. The van der Waals surface area contributed by atoms with Gasteiger partial charge in [0.05, 0.1) is 10.9 Å². The van der Waals surface area contributed by atoms with Gasteiger partial charge in [-0.1, -0.05) is 44.2 Å². The Balaban J connectivity index is 1.77. The number of nitrogens with zero attached hydrogens (tertiary/aromatic N) is 2. The van der Waals surface area contributed by atoms with E-state index in [-0.39, 0.29) is 29.7 Å². The Labute approximate surface area is 178 Å². The first kappa shape index (κ1) is 18.3. The number of carbonyl (C=O) groups excluding carboxylic acids is 2. The molecule has 1 spiro atoms. The molecule has 3 aromatic rings. The Morgan fingerprint density at radius 3 is 2.65 bits per heavy atom. The molecule has 1 fully saturated rings. The maximum Gasteiger partial charge on any atom is 0.262 e. The number of hydrogen-bond donors (Lipinski definition) is 2. The van der Waals surface area contributed by atoms with Crippen molar-refractivity contribution in [3.63, 3.8) is 0 Å². The molecule has 31 heavy (non-hydrogen) atoms. The van der Waals surface area contributed by atoms with E-state index in [1.807, 2.05) is 30.3 Å². The summed E-state index contributed by atoms with van der Waals surface area (Å²) < 4.78 is 1.54. The largest absolute Gasteiger partial charge is 0.340 e. The van der Waals surface area contributed by atoms with E-state index in [1.54, 1.807) is 22.8 Å². The maximum atomic E-state index is 13.7. The van der Waals surface area contributed by atoms with Gasteiger partial charge in [0.15, 0.2) is 0 Å². The molecule has 1 aromatic heterocycles. The van der Waals surface area contributed by atoms with Crippen LogP contribution in [0.2, 0.25) is 0 Å². The minimum atomic E-state index is -1.12. The van der Waals surface area contributed by atoms with Crippen molar-refractivity contribution < 1.29 is 9.59 Å². The average molecular weight is 414 g/mol. The molecule has 0 unspecified atom stereocenters. The Hall–Kier alpha value is -3.48. The topological polar surface area (TPSA) is 93.1 Å². The number of carbonyl (C=O) groups is 2. The average Bonchev–Trinajstić information content (AvgIpc) is 3.02. The Morgan fingerprint density at radius 1 is 1.10 bits per heavy atom. The van der Waals surface area contributed by atoms with Crippen molar-refractivity contribution in [1.29, 1.82) is 0 Å². The molecule has 7 nitrogen and oxygen atoms in total. The number of nitrogens with one attached hydrogen (secondary N) is 2. The van der Waals surface area contributed by atoms with E-state index in [9.17, 15) is 14.4 Å². The molecule has 3 atom stereocenters. The van der Waals surface area contributed by atoms with Gasteiger partial charge in [-0.3, -0.25) is 19.0 Å². The van der Waals surface area contributed by atoms with Gasteiger partial charge >= 0.3 is 0 Å². The number of aromatic nitrogens is 2. The molecular weight excluding hydrogens is 392 g/mol. The second-order valence-corrected chi connectivity index (χ2v) is 9.25. The van der Waals surface area contributed by atoms with E-state index in [4.69, 9.17) is 4.98 Å². The predicted molar refractivity (Wildman–Crippen MR) is 116 cm³/mol. The Kier molecular flexibility index (Phi) is 3.43. The van der Waals surface area contributed by atoms with Crippen LogP contribution in [0.4, 0.5) is 5.69 Å². The summed E-state index contributed by atoms with van der Waals surface area (Å²) in [6.07, 6.45) is 0.722. The molecule has 0 saturated carbocycles. The number of hydrogen-bond acceptors (Lipinski definition) is 4. The second-order valence-electron chi connectivity index (χ2n) is 9.25. The first-order valence-corrected chi connectivity index (χ1v) is 10.6. The van der Waals surface area contributed by atoms with Crippen molar-refractivity contribution in [2.45, 2.75) is 43.7 Å². The highest BCUT2D eigenvalue weighted by atomic mass is 16.2. The van der Waals surface area contributed by atoms with Crippen molar-refractivity contribution in [3.8, 4) is 0 Å². The molecular formula is C24H22N4O3. The lowest BCUT2D eigenvalue weighted by Gasteiger charge is -2.57. The van der Waals surface area contributed by atoms with E-state index >= 15 is 0 Å². The summed E-state index contributed by atoms with van der Waals surface area (Å²) in [5, 5.41) is 6.71. The van der Waals surface area contributed by atoms with E-state index in [0.29, 0.717) is 23.1 Å². The lowest BCUT2D eigenvalue weighted by atomic mass is 9.55. The summed E-state index contributed by atoms with van der Waals surface area (Å²) >= 11 is 0. The van der Waals surface area contributed by atoms with Crippen molar-refractivity contribution in [2.75, 3.05) is 5.32 Å². The summed E-state index contributed by atoms with van der Waals surface area (Å²) in [5.74, 6) is 0.250. The fourth-order valence-corrected chi connectivity index (χ4v) is 6.02. The molecule has 2 N–H and O–H groups in total. The zero-order valence-corrected chi connectivity index (χ0v) is 17.3. The van der Waals surface area contributed by atoms with Crippen LogP contribution in [-0.4, -0.2) is 21.4 Å². The van der Waals surface area contributed by atoms with Gasteiger partial charge in [0.2, 0.25) is 11.8 Å². The monoisotopic (exact) mass is 414 g/mol. The normalized spacial score (nSPS) is 28.0. The molecule has 4 aliphatic heterocycles. The molecule has 2 aromatic carbocycles. The molecule has 5 heterocycles. The van der Waals surface area contributed by atoms with Crippen molar-refractivity contribution in [2.24, 2.45) is 5.92 Å². The van der Waals surface area contributed by atoms with Crippen molar-refractivity contribution >= 4 is 28.4 Å². The van der Waals surface area contributed by atoms with Gasteiger partial charge in [-0.15, -0.1) is 0 Å². The molecule has 7 heteroatoms. The van der Waals surface area contributed by atoms with Crippen LogP contribution >= 0.6 is 0 Å². The van der Waals surface area contributed by atoms with E-state index in [1.165, 1.54) is 0 Å². The summed E-state index contributed by atoms with van der Waals surface area (Å²) in [6, 6.07) is 14.0.